The first-order valence-electron chi connectivity index (χ1n) is 5.58. The molecule has 1 fully saturated rings. The van der Waals surface area contributed by atoms with Gasteiger partial charge in [-0.15, -0.1) is 0 Å². The molecular weight excluding hydrogens is 228 g/mol. The molecule has 1 atom stereocenters. The van der Waals surface area contributed by atoms with Crippen LogP contribution in [0.25, 0.3) is 0 Å². The van der Waals surface area contributed by atoms with E-state index in [1.54, 1.807) is 0 Å². The highest BCUT2D eigenvalue weighted by molar-refractivity contribution is 7.89. The quantitative estimate of drug-likeness (QED) is 0.733. The summed E-state index contributed by atoms with van der Waals surface area (Å²) in [6.45, 7) is 8.26. The fourth-order valence-electron chi connectivity index (χ4n) is 1.59. The van der Waals surface area contributed by atoms with E-state index < -0.39 is 10.0 Å². The lowest BCUT2D eigenvalue weighted by molar-refractivity contribution is 0.0324. The normalized spacial score (nSPS) is 23.3. The van der Waals surface area contributed by atoms with Crippen LogP contribution in [0.3, 0.4) is 0 Å². The molecule has 6 heteroatoms. The van der Waals surface area contributed by atoms with Crippen molar-refractivity contribution in [3.05, 3.63) is 0 Å². The molecule has 1 aliphatic rings. The minimum atomic E-state index is -3.20. The molecule has 1 heterocycles. The third-order valence-corrected chi connectivity index (χ3v) is 4.01. The van der Waals surface area contributed by atoms with Crippen molar-refractivity contribution in [1.29, 1.82) is 0 Å². The highest BCUT2D eigenvalue weighted by Gasteiger charge is 2.23. The summed E-state index contributed by atoms with van der Waals surface area (Å²) >= 11 is 0. The minimum Gasteiger partial charge on any atom is -0.374 e. The highest BCUT2D eigenvalue weighted by Crippen LogP contribution is 2.15. The molecule has 0 spiro atoms. The van der Waals surface area contributed by atoms with Crippen molar-refractivity contribution in [2.45, 2.75) is 26.9 Å². The van der Waals surface area contributed by atoms with Crippen LogP contribution in [0.4, 0.5) is 0 Å². The van der Waals surface area contributed by atoms with Crippen LogP contribution in [-0.4, -0.2) is 46.5 Å². The average molecular weight is 250 g/mol. The van der Waals surface area contributed by atoms with Gasteiger partial charge in [-0.1, -0.05) is 20.8 Å². The zero-order valence-electron chi connectivity index (χ0n) is 10.2. The van der Waals surface area contributed by atoms with Crippen LogP contribution in [0, 0.1) is 5.41 Å². The first-order valence-corrected chi connectivity index (χ1v) is 7.23. The van der Waals surface area contributed by atoms with Crippen molar-refractivity contribution in [3.8, 4) is 0 Å². The lowest BCUT2D eigenvalue weighted by Gasteiger charge is -2.25. The van der Waals surface area contributed by atoms with E-state index in [1.165, 1.54) is 0 Å². The maximum absolute atomic E-state index is 11.7. The summed E-state index contributed by atoms with van der Waals surface area (Å²) in [4.78, 5) is 0. The van der Waals surface area contributed by atoms with Gasteiger partial charge in [-0.25, -0.2) is 13.1 Å². The molecule has 0 bridgehead atoms. The van der Waals surface area contributed by atoms with E-state index >= 15 is 0 Å². The van der Waals surface area contributed by atoms with E-state index in [1.807, 2.05) is 20.8 Å². The largest absolute Gasteiger partial charge is 0.374 e. The van der Waals surface area contributed by atoms with Crippen molar-refractivity contribution < 1.29 is 13.2 Å². The summed E-state index contributed by atoms with van der Waals surface area (Å²) in [5.74, 6) is 0.139. The third-order valence-electron chi connectivity index (χ3n) is 2.16. The molecule has 0 aromatic heterocycles. The molecule has 0 aliphatic carbocycles. The van der Waals surface area contributed by atoms with Crippen LogP contribution in [-0.2, 0) is 14.8 Å². The maximum atomic E-state index is 11.7. The summed E-state index contributed by atoms with van der Waals surface area (Å²) in [6, 6.07) is 0. The predicted molar refractivity (Wildman–Crippen MR) is 63.9 cm³/mol. The molecule has 0 saturated carbocycles. The summed E-state index contributed by atoms with van der Waals surface area (Å²) in [5, 5.41) is 3.16. The Kier molecular flexibility index (Phi) is 4.73. The molecule has 1 aliphatic heterocycles. The van der Waals surface area contributed by atoms with E-state index in [9.17, 15) is 8.42 Å². The Bertz CT molecular complexity index is 303. The Hall–Kier alpha value is -0.170. The lowest BCUT2D eigenvalue weighted by Crippen LogP contribution is -2.46. The van der Waals surface area contributed by atoms with Crippen LogP contribution in [0.2, 0.25) is 0 Å². The van der Waals surface area contributed by atoms with Crippen molar-refractivity contribution in [1.82, 2.24) is 10.0 Å². The van der Waals surface area contributed by atoms with Crippen molar-refractivity contribution in [3.63, 3.8) is 0 Å². The van der Waals surface area contributed by atoms with E-state index in [-0.39, 0.29) is 17.3 Å². The lowest BCUT2D eigenvalue weighted by atomic mass is 10.0. The predicted octanol–water partition coefficient (Wildman–Crippen LogP) is -0.0597. The summed E-state index contributed by atoms with van der Waals surface area (Å²) in [5.41, 5.74) is -0.225. The van der Waals surface area contributed by atoms with Gasteiger partial charge in [0.15, 0.2) is 0 Å². The van der Waals surface area contributed by atoms with Gasteiger partial charge in [0, 0.05) is 19.6 Å². The van der Waals surface area contributed by atoms with Crippen molar-refractivity contribution in [2.75, 3.05) is 32.0 Å². The van der Waals surface area contributed by atoms with Crippen LogP contribution < -0.4 is 10.0 Å². The van der Waals surface area contributed by atoms with Gasteiger partial charge >= 0.3 is 0 Å². The number of hydrogen-bond acceptors (Lipinski definition) is 4. The number of hydrogen-bond donors (Lipinski definition) is 2. The van der Waals surface area contributed by atoms with Gasteiger partial charge in [0.1, 0.15) is 0 Å². The van der Waals surface area contributed by atoms with E-state index in [0.717, 1.165) is 6.54 Å². The topological polar surface area (TPSA) is 67.4 Å². The van der Waals surface area contributed by atoms with Gasteiger partial charge in [-0.2, -0.15) is 0 Å². The van der Waals surface area contributed by atoms with E-state index in [0.29, 0.717) is 19.7 Å². The van der Waals surface area contributed by atoms with Gasteiger partial charge in [-0.3, -0.25) is 0 Å². The Morgan fingerprint density at radius 2 is 2.12 bits per heavy atom. The number of morpholine rings is 1. The molecule has 0 aromatic rings. The Morgan fingerprint density at radius 3 is 2.62 bits per heavy atom. The highest BCUT2D eigenvalue weighted by atomic mass is 32.2. The molecule has 5 nitrogen and oxygen atoms in total. The minimum absolute atomic E-state index is 0.0523. The molecular formula is C10H22N2O3S. The fourth-order valence-corrected chi connectivity index (χ4v) is 3.27. The molecule has 0 amide bonds. The molecule has 96 valence electrons. The molecule has 0 radical (unpaired) electrons. The number of ether oxygens (including phenoxy) is 1. The van der Waals surface area contributed by atoms with Gasteiger partial charge in [0.25, 0.3) is 0 Å². The van der Waals surface area contributed by atoms with Gasteiger partial charge in [0.2, 0.25) is 10.0 Å². The first kappa shape index (κ1) is 13.9. The molecule has 2 N–H and O–H groups in total. The first-order chi connectivity index (χ1) is 7.29. The third kappa shape index (κ3) is 5.79. The smallest absolute Gasteiger partial charge is 0.212 e. The maximum Gasteiger partial charge on any atom is 0.212 e. The van der Waals surface area contributed by atoms with E-state index in [4.69, 9.17) is 4.74 Å². The summed E-state index contributed by atoms with van der Waals surface area (Å²) in [7, 11) is -3.20. The standard InChI is InChI=1S/C10H22N2O3S/c1-10(2,3)8-16(13,14)12-7-9-6-11-4-5-15-9/h9,11-12H,4-8H2,1-3H3. The van der Waals surface area contributed by atoms with Gasteiger partial charge < -0.3 is 10.1 Å². The van der Waals surface area contributed by atoms with Crippen LogP contribution in [0.1, 0.15) is 20.8 Å². The monoisotopic (exact) mass is 250 g/mol. The summed E-state index contributed by atoms with van der Waals surface area (Å²) in [6.07, 6.45) is -0.0523. The summed E-state index contributed by atoms with van der Waals surface area (Å²) < 4.78 is 31.4. The van der Waals surface area contributed by atoms with E-state index in [2.05, 4.69) is 10.0 Å². The van der Waals surface area contributed by atoms with Crippen molar-refractivity contribution >= 4 is 10.0 Å². The van der Waals surface area contributed by atoms with Gasteiger partial charge in [0.05, 0.1) is 18.5 Å². The van der Waals surface area contributed by atoms with Crippen LogP contribution >= 0.6 is 0 Å². The molecule has 1 unspecified atom stereocenters. The second-order valence-corrected chi connectivity index (χ2v) is 7.17. The fraction of sp³-hybridized carbons (Fsp3) is 1.00. The molecule has 0 aromatic carbocycles. The van der Waals surface area contributed by atoms with Crippen molar-refractivity contribution in [2.24, 2.45) is 5.41 Å². The average Bonchev–Trinajstić information content (AvgIpc) is 2.13. The second kappa shape index (κ2) is 5.44. The second-order valence-electron chi connectivity index (χ2n) is 5.37. The number of sulfonamides is 1. The number of rotatable bonds is 4. The molecule has 1 rings (SSSR count). The van der Waals surface area contributed by atoms with Crippen LogP contribution in [0.5, 0.6) is 0 Å². The zero-order chi connectivity index (χ0) is 12.2. The van der Waals surface area contributed by atoms with Gasteiger partial charge in [-0.05, 0) is 5.41 Å². The molecule has 1 saturated heterocycles. The zero-order valence-corrected chi connectivity index (χ0v) is 11.1. The Labute approximate surface area is 98.0 Å². The Morgan fingerprint density at radius 1 is 1.44 bits per heavy atom. The Balaban J connectivity index is 2.35. The SMILES string of the molecule is CC(C)(C)CS(=O)(=O)NCC1CNCCO1. The number of nitrogens with one attached hydrogen (secondary N) is 2. The van der Waals surface area contributed by atoms with Crippen LogP contribution in [0.15, 0.2) is 0 Å². The molecule has 16 heavy (non-hydrogen) atoms.